The lowest BCUT2D eigenvalue weighted by atomic mass is 9.93. The van der Waals surface area contributed by atoms with E-state index in [9.17, 15) is 4.79 Å². The molecular formula is C27H19Cl2N3O. The summed E-state index contributed by atoms with van der Waals surface area (Å²) in [4.78, 5) is 17.2. The Morgan fingerprint density at radius 1 is 0.909 bits per heavy atom. The lowest BCUT2D eigenvalue weighted by Crippen LogP contribution is -2.16. The zero-order valence-electron chi connectivity index (χ0n) is 17.6. The minimum Gasteiger partial charge on any atom is -0.327 e. The third kappa shape index (κ3) is 3.47. The number of hydrogen-bond donors (Lipinski definition) is 0. The van der Waals surface area contributed by atoms with Crippen molar-refractivity contribution in [1.29, 1.82) is 0 Å². The van der Waals surface area contributed by atoms with Gasteiger partial charge in [0.2, 0.25) is 0 Å². The van der Waals surface area contributed by atoms with Crippen molar-refractivity contribution in [2.75, 3.05) is 0 Å². The average Bonchev–Trinajstić information content (AvgIpc) is 3.46. The number of pyridine rings is 1. The van der Waals surface area contributed by atoms with Gasteiger partial charge in [-0.3, -0.25) is 4.79 Å². The van der Waals surface area contributed by atoms with E-state index in [1.165, 1.54) is 11.1 Å². The van der Waals surface area contributed by atoms with E-state index < -0.39 is 0 Å². The summed E-state index contributed by atoms with van der Waals surface area (Å²) in [6.45, 7) is 1.35. The predicted molar refractivity (Wildman–Crippen MR) is 134 cm³/mol. The van der Waals surface area contributed by atoms with Gasteiger partial charge in [0.25, 0.3) is 5.56 Å². The van der Waals surface area contributed by atoms with Gasteiger partial charge in [-0.1, -0.05) is 35.3 Å². The van der Waals surface area contributed by atoms with E-state index in [2.05, 4.69) is 21.7 Å². The molecule has 0 unspecified atom stereocenters. The van der Waals surface area contributed by atoms with E-state index in [1.54, 1.807) is 6.07 Å². The third-order valence-corrected chi connectivity index (χ3v) is 6.83. The van der Waals surface area contributed by atoms with E-state index in [0.717, 1.165) is 39.8 Å². The summed E-state index contributed by atoms with van der Waals surface area (Å²) in [7, 11) is 0. The molecule has 0 bridgehead atoms. The van der Waals surface area contributed by atoms with Crippen molar-refractivity contribution in [2.24, 2.45) is 0 Å². The first kappa shape index (κ1) is 20.3. The van der Waals surface area contributed by atoms with Gasteiger partial charge in [-0.15, -0.1) is 0 Å². The molecule has 0 atom stereocenters. The molecule has 33 heavy (non-hydrogen) atoms. The van der Waals surface area contributed by atoms with E-state index in [1.807, 2.05) is 65.5 Å². The van der Waals surface area contributed by atoms with Crippen molar-refractivity contribution in [3.8, 4) is 22.5 Å². The number of aryl methyl sites for hydroxylation is 2. The zero-order chi connectivity index (χ0) is 22.5. The second-order valence-electron chi connectivity index (χ2n) is 8.29. The summed E-state index contributed by atoms with van der Waals surface area (Å²) in [6.07, 6.45) is 4.65. The smallest absolute Gasteiger partial charge is 0.251 e. The Morgan fingerprint density at radius 2 is 1.76 bits per heavy atom. The first-order valence-corrected chi connectivity index (χ1v) is 11.6. The standard InChI is InChI=1S/C27H19Cl2N3O/c28-20-6-4-17(5-7-20)27-30-11-13-31(27)16-19-15-24(18-2-1-3-21(29)14-18)23-8-9-25(33)32-12-10-22(19)26(23)32/h1-9,11,13-15H,10,12,16H2. The van der Waals surface area contributed by atoms with Crippen LogP contribution in [0.2, 0.25) is 10.0 Å². The van der Waals surface area contributed by atoms with Crippen LogP contribution < -0.4 is 5.56 Å². The number of aromatic nitrogens is 3. The molecule has 2 aromatic heterocycles. The van der Waals surface area contributed by atoms with Crippen LogP contribution in [0.15, 0.2) is 83.9 Å². The van der Waals surface area contributed by atoms with Crippen molar-refractivity contribution >= 4 is 34.1 Å². The Hall–Kier alpha value is -3.34. The quantitative estimate of drug-likeness (QED) is 0.302. The highest BCUT2D eigenvalue weighted by atomic mass is 35.5. The maximum atomic E-state index is 12.6. The zero-order valence-corrected chi connectivity index (χ0v) is 19.1. The Labute approximate surface area is 200 Å². The second-order valence-corrected chi connectivity index (χ2v) is 9.17. The Balaban J connectivity index is 1.55. The molecule has 0 fully saturated rings. The molecule has 0 amide bonds. The van der Waals surface area contributed by atoms with Crippen LogP contribution in [0.1, 0.15) is 11.1 Å². The first-order chi connectivity index (χ1) is 16.1. The fourth-order valence-corrected chi connectivity index (χ4v) is 5.17. The van der Waals surface area contributed by atoms with Gasteiger partial charge in [-0.05, 0) is 77.2 Å². The molecule has 0 N–H and O–H groups in total. The lowest BCUT2D eigenvalue weighted by Gasteiger charge is -2.16. The molecule has 6 rings (SSSR count). The molecule has 0 saturated heterocycles. The topological polar surface area (TPSA) is 39.8 Å². The van der Waals surface area contributed by atoms with Gasteiger partial charge < -0.3 is 9.13 Å². The molecule has 3 aromatic carbocycles. The van der Waals surface area contributed by atoms with E-state index in [0.29, 0.717) is 23.1 Å². The predicted octanol–water partition coefficient (Wildman–Crippen LogP) is 6.44. The summed E-state index contributed by atoms with van der Waals surface area (Å²) in [5, 5.41) is 2.47. The number of hydrogen-bond acceptors (Lipinski definition) is 2. The van der Waals surface area contributed by atoms with E-state index in [-0.39, 0.29) is 5.56 Å². The number of nitrogens with zero attached hydrogens (tertiary/aromatic N) is 3. The Morgan fingerprint density at radius 3 is 2.58 bits per heavy atom. The van der Waals surface area contributed by atoms with Crippen LogP contribution in [0.3, 0.4) is 0 Å². The van der Waals surface area contributed by atoms with E-state index >= 15 is 0 Å². The summed E-state index contributed by atoms with van der Waals surface area (Å²) in [6, 6.07) is 21.4. The SMILES string of the molecule is O=c1ccc2c(-c3cccc(Cl)c3)cc(Cn3ccnc3-c3ccc(Cl)cc3)c3c2n1CC3. The Bertz CT molecular complexity index is 1580. The molecule has 1 aliphatic rings. The molecule has 0 radical (unpaired) electrons. The van der Waals surface area contributed by atoms with Crippen LogP contribution in [0.5, 0.6) is 0 Å². The minimum atomic E-state index is 0.0416. The third-order valence-electron chi connectivity index (χ3n) is 6.35. The van der Waals surface area contributed by atoms with Gasteiger partial charge in [0.05, 0.1) is 5.52 Å². The summed E-state index contributed by atoms with van der Waals surface area (Å²) in [5.41, 5.74) is 6.61. The molecule has 0 spiro atoms. The fourth-order valence-electron chi connectivity index (χ4n) is 4.85. The van der Waals surface area contributed by atoms with Crippen LogP contribution in [0.25, 0.3) is 33.4 Å². The van der Waals surface area contributed by atoms with Crippen LogP contribution in [-0.4, -0.2) is 14.1 Å². The molecule has 162 valence electrons. The van der Waals surface area contributed by atoms with Crippen LogP contribution >= 0.6 is 23.2 Å². The first-order valence-electron chi connectivity index (χ1n) is 10.8. The molecule has 5 aromatic rings. The highest BCUT2D eigenvalue weighted by Gasteiger charge is 2.22. The van der Waals surface area contributed by atoms with Crippen LogP contribution in [0, 0.1) is 0 Å². The van der Waals surface area contributed by atoms with Crippen molar-refractivity contribution in [1.82, 2.24) is 14.1 Å². The number of rotatable bonds is 4. The van der Waals surface area contributed by atoms with E-state index in [4.69, 9.17) is 23.2 Å². The van der Waals surface area contributed by atoms with Gasteiger partial charge in [0, 0.05) is 52.5 Å². The monoisotopic (exact) mass is 471 g/mol. The fraction of sp³-hybridized carbons (Fsp3) is 0.111. The maximum Gasteiger partial charge on any atom is 0.251 e. The molecule has 4 nitrogen and oxygen atoms in total. The maximum absolute atomic E-state index is 12.6. The molecule has 6 heteroatoms. The second kappa shape index (κ2) is 7.91. The van der Waals surface area contributed by atoms with Crippen LogP contribution in [-0.2, 0) is 19.5 Å². The highest BCUT2D eigenvalue weighted by molar-refractivity contribution is 6.31. The van der Waals surface area contributed by atoms with Gasteiger partial charge in [0.15, 0.2) is 0 Å². The minimum absolute atomic E-state index is 0.0416. The van der Waals surface area contributed by atoms with Crippen molar-refractivity contribution < 1.29 is 0 Å². The number of benzene rings is 3. The van der Waals surface area contributed by atoms with Crippen molar-refractivity contribution in [2.45, 2.75) is 19.5 Å². The van der Waals surface area contributed by atoms with Crippen LogP contribution in [0.4, 0.5) is 0 Å². The molecule has 3 heterocycles. The lowest BCUT2D eigenvalue weighted by molar-refractivity contribution is 0.735. The highest BCUT2D eigenvalue weighted by Crippen LogP contribution is 2.37. The average molecular weight is 472 g/mol. The Kier molecular flexibility index (Phi) is 4.86. The number of halogens is 2. The van der Waals surface area contributed by atoms with Gasteiger partial charge in [-0.25, -0.2) is 4.98 Å². The molecular weight excluding hydrogens is 453 g/mol. The molecule has 0 saturated carbocycles. The van der Waals surface area contributed by atoms with Crippen molar-refractivity contribution in [3.63, 3.8) is 0 Å². The summed E-state index contributed by atoms with van der Waals surface area (Å²) < 4.78 is 4.04. The van der Waals surface area contributed by atoms with Crippen molar-refractivity contribution in [3.05, 3.63) is 111 Å². The van der Waals surface area contributed by atoms with Gasteiger partial charge >= 0.3 is 0 Å². The van der Waals surface area contributed by atoms with Gasteiger partial charge in [0.1, 0.15) is 5.82 Å². The summed E-state index contributed by atoms with van der Waals surface area (Å²) in [5.74, 6) is 0.881. The van der Waals surface area contributed by atoms with Gasteiger partial charge in [-0.2, -0.15) is 0 Å². The molecule has 1 aliphatic heterocycles. The molecule has 0 aliphatic carbocycles. The normalized spacial score (nSPS) is 12.5. The number of imidazole rings is 1. The summed E-state index contributed by atoms with van der Waals surface area (Å²) >= 11 is 12.4. The largest absolute Gasteiger partial charge is 0.327 e.